The highest BCUT2D eigenvalue weighted by molar-refractivity contribution is 7.15. The van der Waals surface area contributed by atoms with Crippen LogP contribution < -0.4 is 11.1 Å². The Balaban J connectivity index is 1.71. The van der Waals surface area contributed by atoms with Crippen molar-refractivity contribution in [3.05, 3.63) is 40.7 Å². The van der Waals surface area contributed by atoms with E-state index in [0.29, 0.717) is 23.8 Å². The van der Waals surface area contributed by atoms with Crippen LogP contribution in [0, 0.1) is 13.8 Å². The van der Waals surface area contributed by atoms with E-state index in [1.54, 1.807) is 6.20 Å². The van der Waals surface area contributed by atoms with Gasteiger partial charge in [-0.25, -0.2) is 4.98 Å². The van der Waals surface area contributed by atoms with Gasteiger partial charge in [0.15, 0.2) is 5.13 Å². The number of nitrogens with one attached hydrogen (secondary N) is 1. The zero-order valence-electron chi connectivity index (χ0n) is 15.0. The average Bonchev–Trinajstić information content (AvgIpc) is 2.92. The third-order valence-electron chi connectivity index (χ3n) is 4.84. The summed E-state index contributed by atoms with van der Waals surface area (Å²) >= 11 is 1.46. The summed E-state index contributed by atoms with van der Waals surface area (Å²) in [5.74, 6) is -0.535. The van der Waals surface area contributed by atoms with Crippen LogP contribution in [0.3, 0.4) is 0 Å². The summed E-state index contributed by atoms with van der Waals surface area (Å²) < 4.78 is 0. The Morgan fingerprint density at radius 1 is 1.38 bits per heavy atom. The molecule has 1 saturated heterocycles. The van der Waals surface area contributed by atoms with E-state index in [1.165, 1.54) is 11.3 Å². The number of nitrogens with zero attached hydrogens (tertiary/aromatic N) is 3. The molecule has 2 aromatic heterocycles. The minimum atomic E-state index is -0.853. The molecular weight excluding hydrogens is 350 g/mol. The van der Waals surface area contributed by atoms with Crippen molar-refractivity contribution < 1.29 is 9.59 Å². The third kappa shape index (κ3) is 3.76. The summed E-state index contributed by atoms with van der Waals surface area (Å²) in [5.41, 5.74) is 6.50. The van der Waals surface area contributed by atoms with Crippen LogP contribution in [-0.2, 0) is 15.0 Å². The molecule has 0 spiro atoms. The lowest BCUT2D eigenvalue weighted by atomic mass is 9.76. The highest BCUT2D eigenvalue weighted by Gasteiger charge is 2.43. The zero-order chi connectivity index (χ0) is 18.7. The number of likely N-dealkylation sites (tertiary alicyclic amines) is 1. The van der Waals surface area contributed by atoms with E-state index >= 15 is 0 Å². The van der Waals surface area contributed by atoms with Crippen molar-refractivity contribution in [2.45, 2.75) is 32.1 Å². The van der Waals surface area contributed by atoms with Crippen LogP contribution in [0.1, 0.15) is 29.1 Å². The Bertz CT molecular complexity index is 788. The standard InChI is InChI=1S/C18H23N5O2S/c1-12-13(2)26-17(21-12)22-15(24)10-23-9-5-7-18(11-23,16(19)25)14-6-3-4-8-20-14/h3-4,6,8H,5,7,9-11H2,1-2H3,(H2,19,25)(H,21,22,24). The number of nitrogens with two attached hydrogens (primary N) is 1. The molecule has 0 radical (unpaired) electrons. The molecule has 138 valence electrons. The van der Waals surface area contributed by atoms with Crippen molar-refractivity contribution in [1.82, 2.24) is 14.9 Å². The Hall–Kier alpha value is -2.32. The molecule has 0 bridgehead atoms. The van der Waals surface area contributed by atoms with Gasteiger partial charge in [-0.2, -0.15) is 0 Å². The lowest BCUT2D eigenvalue weighted by molar-refractivity contribution is -0.127. The summed E-state index contributed by atoms with van der Waals surface area (Å²) in [6, 6.07) is 5.49. The fraction of sp³-hybridized carbons (Fsp3) is 0.444. The number of anilines is 1. The number of rotatable bonds is 5. The Morgan fingerprint density at radius 3 is 2.81 bits per heavy atom. The molecule has 7 nitrogen and oxygen atoms in total. The van der Waals surface area contributed by atoms with Gasteiger partial charge in [0.1, 0.15) is 5.41 Å². The second kappa shape index (κ2) is 7.51. The van der Waals surface area contributed by atoms with Crippen molar-refractivity contribution in [2.75, 3.05) is 25.0 Å². The lowest BCUT2D eigenvalue weighted by Gasteiger charge is -2.39. The van der Waals surface area contributed by atoms with Crippen molar-refractivity contribution >= 4 is 28.3 Å². The summed E-state index contributed by atoms with van der Waals surface area (Å²) in [7, 11) is 0. The van der Waals surface area contributed by atoms with E-state index in [2.05, 4.69) is 15.3 Å². The van der Waals surface area contributed by atoms with Crippen molar-refractivity contribution in [2.24, 2.45) is 5.73 Å². The first-order chi connectivity index (χ1) is 12.4. The van der Waals surface area contributed by atoms with Gasteiger partial charge >= 0.3 is 0 Å². The molecular formula is C18H23N5O2S. The first-order valence-electron chi connectivity index (χ1n) is 8.58. The molecule has 1 unspecified atom stereocenters. The van der Waals surface area contributed by atoms with Gasteiger partial charge in [-0.15, -0.1) is 11.3 Å². The maximum Gasteiger partial charge on any atom is 0.240 e. The Labute approximate surface area is 156 Å². The lowest BCUT2D eigenvalue weighted by Crippen LogP contribution is -2.55. The van der Waals surface area contributed by atoms with Crippen LogP contribution in [0.25, 0.3) is 0 Å². The number of primary amides is 1. The maximum atomic E-state index is 12.4. The minimum absolute atomic E-state index is 0.139. The molecule has 2 amide bonds. The topological polar surface area (TPSA) is 101 Å². The van der Waals surface area contributed by atoms with Gasteiger partial charge in [-0.1, -0.05) is 6.07 Å². The smallest absolute Gasteiger partial charge is 0.240 e. The van der Waals surface area contributed by atoms with Crippen LogP contribution >= 0.6 is 11.3 Å². The van der Waals surface area contributed by atoms with Crippen LogP contribution in [0.15, 0.2) is 24.4 Å². The van der Waals surface area contributed by atoms with Gasteiger partial charge in [0.25, 0.3) is 0 Å². The summed E-state index contributed by atoms with van der Waals surface area (Å²) in [6.07, 6.45) is 3.09. The van der Waals surface area contributed by atoms with E-state index in [-0.39, 0.29) is 12.5 Å². The quantitative estimate of drug-likeness (QED) is 0.829. The number of amides is 2. The number of aryl methyl sites for hydroxylation is 2. The molecule has 26 heavy (non-hydrogen) atoms. The molecule has 1 fully saturated rings. The van der Waals surface area contributed by atoms with Crippen LogP contribution in [-0.4, -0.2) is 46.3 Å². The molecule has 1 aliphatic rings. The molecule has 0 aromatic carbocycles. The third-order valence-corrected chi connectivity index (χ3v) is 5.83. The number of thiazole rings is 1. The Kier molecular flexibility index (Phi) is 5.33. The number of piperidine rings is 1. The molecule has 3 rings (SSSR count). The highest BCUT2D eigenvalue weighted by Crippen LogP contribution is 2.32. The van der Waals surface area contributed by atoms with Crippen molar-refractivity contribution in [3.8, 4) is 0 Å². The zero-order valence-corrected chi connectivity index (χ0v) is 15.8. The molecule has 1 aliphatic heterocycles. The van der Waals surface area contributed by atoms with E-state index in [1.807, 2.05) is 36.9 Å². The predicted octanol–water partition coefficient (Wildman–Crippen LogP) is 1.61. The van der Waals surface area contributed by atoms with E-state index in [9.17, 15) is 9.59 Å². The Morgan fingerprint density at radius 2 is 2.19 bits per heavy atom. The maximum absolute atomic E-state index is 12.4. The fourth-order valence-electron chi connectivity index (χ4n) is 3.35. The van der Waals surface area contributed by atoms with E-state index in [0.717, 1.165) is 23.5 Å². The highest BCUT2D eigenvalue weighted by atomic mass is 32.1. The first kappa shape index (κ1) is 18.5. The number of carbonyl (C=O) groups excluding carboxylic acids is 2. The average molecular weight is 373 g/mol. The number of pyridine rings is 1. The number of hydrogen-bond acceptors (Lipinski definition) is 6. The summed E-state index contributed by atoms with van der Waals surface area (Å²) in [4.78, 5) is 36.4. The number of hydrogen-bond donors (Lipinski definition) is 2. The number of aromatic nitrogens is 2. The van der Waals surface area contributed by atoms with Gasteiger partial charge in [0.05, 0.1) is 17.9 Å². The van der Waals surface area contributed by atoms with Crippen LogP contribution in [0.4, 0.5) is 5.13 Å². The van der Waals surface area contributed by atoms with Crippen molar-refractivity contribution in [1.29, 1.82) is 0 Å². The molecule has 3 heterocycles. The molecule has 8 heteroatoms. The molecule has 1 atom stereocenters. The van der Waals surface area contributed by atoms with Gasteiger partial charge in [0.2, 0.25) is 11.8 Å². The van der Waals surface area contributed by atoms with E-state index in [4.69, 9.17) is 5.73 Å². The molecule has 0 aliphatic carbocycles. The molecule has 0 saturated carbocycles. The van der Waals surface area contributed by atoms with Gasteiger partial charge in [-0.05, 0) is 45.4 Å². The van der Waals surface area contributed by atoms with Crippen LogP contribution in [0.2, 0.25) is 0 Å². The fourth-order valence-corrected chi connectivity index (χ4v) is 4.18. The number of carbonyl (C=O) groups is 2. The van der Waals surface area contributed by atoms with Crippen molar-refractivity contribution in [3.63, 3.8) is 0 Å². The first-order valence-corrected chi connectivity index (χ1v) is 9.40. The van der Waals surface area contributed by atoms with Gasteiger partial charge in [0, 0.05) is 17.6 Å². The van der Waals surface area contributed by atoms with E-state index < -0.39 is 11.3 Å². The minimum Gasteiger partial charge on any atom is -0.369 e. The SMILES string of the molecule is Cc1nc(NC(=O)CN2CCCC(C(N)=O)(c3ccccn3)C2)sc1C. The van der Waals surface area contributed by atoms with Crippen LogP contribution in [0.5, 0.6) is 0 Å². The monoisotopic (exact) mass is 373 g/mol. The summed E-state index contributed by atoms with van der Waals surface area (Å²) in [5, 5.41) is 3.45. The largest absolute Gasteiger partial charge is 0.369 e. The summed E-state index contributed by atoms with van der Waals surface area (Å²) in [6.45, 7) is 5.22. The second-order valence-electron chi connectivity index (χ2n) is 6.68. The second-order valence-corrected chi connectivity index (χ2v) is 7.89. The normalized spacial score (nSPS) is 20.7. The molecule has 2 aromatic rings. The van der Waals surface area contributed by atoms with Gasteiger partial charge < -0.3 is 11.1 Å². The van der Waals surface area contributed by atoms with Gasteiger partial charge in [-0.3, -0.25) is 19.5 Å². The predicted molar refractivity (Wildman–Crippen MR) is 101 cm³/mol. The molecule has 3 N–H and O–H groups in total.